The summed E-state index contributed by atoms with van der Waals surface area (Å²) in [5, 5.41) is 8.82. The normalized spacial score (nSPS) is 38.8. The largest absolute Gasteiger partial charge is 0.480 e. The summed E-state index contributed by atoms with van der Waals surface area (Å²) in [6.07, 6.45) is 3.31. The molecule has 1 unspecified atom stereocenters. The van der Waals surface area contributed by atoms with Crippen molar-refractivity contribution in [3.8, 4) is 0 Å². The highest BCUT2D eigenvalue weighted by atomic mass is 35.5. The van der Waals surface area contributed by atoms with Gasteiger partial charge in [-0.2, -0.15) is 0 Å². The molecule has 3 nitrogen and oxygen atoms in total. The van der Waals surface area contributed by atoms with E-state index in [0.717, 1.165) is 19.5 Å². The summed E-state index contributed by atoms with van der Waals surface area (Å²) in [7, 11) is 0. The van der Waals surface area contributed by atoms with E-state index in [-0.39, 0.29) is 18.4 Å². The molecule has 3 heterocycles. The predicted octanol–water partition coefficient (Wildman–Crippen LogP) is 0.977. The predicted molar refractivity (Wildman–Crippen MR) is 47.6 cm³/mol. The van der Waals surface area contributed by atoms with Crippen molar-refractivity contribution in [1.82, 2.24) is 4.90 Å². The molecule has 0 aromatic rings. The summed E-state index contributed by atoms with van der Waals surface area (Å²) >= 11 is 0. The van der Waals surface area contributed by atoms with Gasteiger partial charge in [-0.3, -0.25) is 9.69 Å². The Morgan fingerprint density at radius 1 is 1.33 bits per heavy atom. The fourth-order valence-corrected chi connectivity index (χ4v) is 2.22. The third-order valence-electron chi connectivity index (χ3n) is 2.93. The number of hydrogen-bond donors (Lipinski definition) is 1. The van der Waals surface area contributed by atoms with Crippen LogP contribution in [0.15, 0.2) is 0 Å². The zero-order valence-electron chi connectivity index (χ0n) is 6.90. The van der Waals surface area contributed by atoms with Crippen molar-refractivity contribution in [1.29, 1.82) is 0 Å². The summed E-state index contributed by atoms with van der Waals surface area (Å²) in [5.74, 6) is 0.0653. The number of hydrogen-bond acceptors (Lipinski definition) is 2. The van der Waals surface area contributed by atoms with Gasteiger partial charge in [-0.05, 0) is 38.3 Å². The topological polar surface area (TPSA) is 40.5 Å². The highest BCUT2D eigenvalue weighted by Gasteiger charge is 2.37. The molecule has 0 aromatic heterocycles. The molecule has 0 aromatic carbocycles. The summed E-state index contributed by atoms with van der Waals surface area (Å²) in [6, 6.07) is -0.164. The molecule has 70 valence electrons. The molecule has 1 N–H and O–H groups in total. The molecule has 3 saturated heterocycles. The third kappa shape index (κ3) is 1.57. The van der Waals surface area contributed by atoms with Crippen LogP contribution >= 0.6 is 12.4 Å². The zero-order valence-corrected chi connectivity index (χ0v) is 7.72. The van der Waals surface area contributed by atoms with Gasteiger partial charge in [-0.1, -0.05) is 0 Å². The minimum atomic E-state index is -0.630. The summed E-state index contributed by atoms with van der Waals surface area (Å²) in [6.45, 7) is 2.00. The van der Waals surface area contributed by atoms with E-state index in [4.69, 9.17) is 5.11 Å². The van der Waals surface area contributed by atoms with Gasteiger partial charge >= 0.3 is 5.97 Å². The van der Waals surface area contributed by atoms with Crippen molar-refractivity contribution in [3.05, 3.63) is 0 Å². The van der Waals surface area contributed by atoms with Crippen LogP contribution in [0.4, 0.5) is 0 Å². The SMILES string of the molecule is Cl.O=C(O)C1CC2CCN1CC2. The van der Waals surface area contributed by atoms with Crippen LogP contribution in [-0.4, -0.2) is 35.1 Å². The van der Waals surface area contributed by atoms with Crippen LogP contribution in [0, 0.1) is 5.92 Å². The molecule has 0 amide bonds. The van der Waals surface area contributed by atoms with Crippen molar-refractivity contribution in [2.45, 2.75) is 25.3 Å². The molecule has 3 fully saturated rings. The van der Waals surface area contributed by atoms with E-state index >= 15 is 0 Å². The number of rotatable bonds is 1. The molecule has 12 heavy (non-hydrogen) atoms. The van der Waals surface area contributed by atoms with Gasteiger partial charge in [0.15, 0.2) is 0 Å². The molecule has 0 radical (unpaired) electrons. The Labute approximate surface area is 78.2 Å². The van der Waals surface area contributed by atoms with Crippen molar-refractivity contribution in [2.24, 2.45) is 5.92 Å². The molecule has 1 atom stereocenters. The lowest BCUT2D eigenvalue weighted by molar-refractivity contribution is -0.147. The number of fused-ring (bicyclic) bond motifs is 3. The van der Waals surface area contributed by atoms with Gasteiger partial charge in [0.25, 0.3) is 0 Å². The van der Waals surface area contributed by atoms with Gasteiger partial charge in [0, 0.05) is 0 Å². The van der Waals surface area contributed by atoms with Crippen LogP contribution in [0.5, 0.6) is 0 Å². The quantitative estimate of drug-likeness (QED) is 0.672. The Balaban J connectivity index is 0.000000720. The number of nitrogens with zero attached hydrogens (tertiary/aromatic N) is 1. The van der Waals surface area contributed by atoms with Crippen LogP contribution in [0.25, 0.3) is 0 Å². The summed E-state index contributed by atoms with van der Waals surface area (Å²) < 4.78 is 0. The van der Waals surface area contributed by atoms with Crippen LogP contribution in [0.3, 0.4) is 0 Å². The molecular formula is C8H14ClNO2. The molecule has 4 heteroatoms. The van der Waals surface area contributed by atoms with E-state index < -0.39 is 5.97 Å². The van der Waals surface area contributed by atoms with Crippen LogP contribution < -0.4 is 0 Å². The van der Waals surface area contributed by atoms with Gasteiger partial charge in [0.2, 0.25) is 0 Å². The first-order chi connectivity index (χ1) is 5.27. The number of aliphatic carboxylic acids is 1. The maximum absolute atomic E-state index is 10.7. The van der Waals surface area contributed by atoms with Gasteiger partial charge < -0.3 is 5.11 Å². The van der Waals surface area contributed by atoms with Crippen LogP contribution in [0.2, 0.25) is 0 Å². The lowest BCUT2D eigenvalue weighted by Crippen LogP contribution is -2.52. The maximum atomic E-state index is 10.7. The van der Waals surface area contributed by atoms with E-state index in [0.29, 0.717) is 5.92 Å². The highest BCUT2D eigenvalue weighted by Crippen LogP contribution is 2.31. The highest BCUT2D eigenvalue weighted by molar-refractivity contribution is 5.85. The Hall–Kier alpha value is -0.280. The lowest BCUT2D eigenvalue weighted by Gasteiger charge is -2.43. The van der Waals surface area contributed by atoms with Crippen molar-refractivity contribution in [2.75, 3.05) is 13.1 Å². The molecule has 0 aliphatic carbocycles. The van der Waals surface area contributed by atoms with E-state index in [1.54, 1.807) is 0 Å². The minimum Gasteiger partial charge on any atom is -0.480 e. The van der Waals surface area contributed by atoms with Crippen molar-refractivity contribution < 1.29 is 9.90 Å². The Morgan fingerprint density at radius 2 is 1.92 bits per heavy atom. The first-order valence-electron chi connectivity index (χ1n) is 4.24. The standard InChI is InChI=1S/C8H13NO2.ClH/c10-8(11)7-5-6-1-3-9(7)4-2-6;/h6-7H,1-5H2,(H,10,11);1H. The average molecular weight is 192 g/mol. The first-order valence-corrected chi connectivity index (χ1v) is 4.24. The lowest BCUT2D eigenvalue weighted by atomic mass is 9.83. The van der Waals surface area contributed by atoms with Gasteiger partial charge in [0.1, 0.15) is 6.04 Å². The molecule has 0 saturated carbocycles. The van der Waals surface area contributed by atoms with E-state index in [9.17, 15) is 4.79 Å². The smallest absolute Gasteiger partial charge is 0.320 e. The molecule has 0 spiro atoms. The second kappa shape index (κ2) is 3.62. The van der Waals surface area contributed by atoms with Crippen molar-refractivity contribution in [3.63, 3.8) is 0 Å². The average Bonchev–Trinajstić information content (AvgIpc) is 2.06. The number of halogens is 1. The van der Waals surface area contributed by atoms with E-state index in [2.05, 4.69) is 4.90 Å². The van der Waals surface area contributed by atoms with Gasteiger partial charge in [0.05, 0.1) is 0 Å². The van der Waals surface area contributed by atoms with Gasteiger partial charge in [-0.25, -0.2) is 0 Å². The molecular weight excluding hydrogens is 178 g/mol. The molecule has 3 aliphatic rings. The maximum Gasteiger partial charge on any atom is 0.320 e. The third-order valence-corrected chi connectivity index (χ3v) is 2.93. The molecule has 2 bridgehead atoms. The van der Waals surface area contributed by atoms with Crippen LogP contribution in [0.1, 0.15) is 19.3 Å². The number of carboxylic acid groups (broad SMARTS) is 1. The Morgan fingerprint density at radius 3 is 2.17 bits per heavy atom. The second-order valence-electron chi connectivity index (χ2n) is 3.57. The summed E-state index contributed by atoms with van der Waals surface area (Å²) in [4.78, 5) is 12.8. The Kier molecular flexibility index (Phi) is 2.96. The fourth-order valence-electron chi connectivity index (χ4n) is 2.22. The monoisotopic (exact) mass is 191 g/mol. The number of piperidine rings is 3. The number of carbonyl (C=O) groups is 1. The minimum absolute atomic E-state index is 0. The van der Waals surface area contributed by atoms with E-state index in [1.807, 2.05) is 0 Å². The number of carboxylic acids is 1. The molecule has 3 rings (SSSR count). The van der Waals surface area contributed by atoms with Gasteiger partial charge in [-0.15, -0.1) is 12.4 Å². The first kappa shape index (κ1) is 9.81. The zero-order chi connectivity index (χ0) is 7.84. The molecule has 3 aliphatic heterocycles. The summed E-state index contributed by atoms with van der Waals surface area (Å²) in [5.41, 5.74) is 0. The van der Waals surface area contributed by atoms with Crippen LogP contribution in [-0.2, 0) is 4.79 Å². The fraction of sp³-hybridized carbons (Fsp3) is 0.875. The Bertz CT molecular complexity index is 178. The second-order valence-corrected chi connectivity index (χ2v) is 3.57. The van der Waals surface area contributed by atoms with Crippen molar-refractivity contribution >= 4 is 18.4 Å². The van der Waals surface area contributed by atoms with E-state index in [1.165, 1.54) is 12.8 Å².